The molecule has 0 bridgehead atoms. The van der Waals surface area contributed by atoms with Crippen LogP contribution < -0.4 is 5.32 Å². The lowest BCUT2D eigenvalue weighted by atomic mass is 10.2. The molecule has 0 radical (unpaired) electrons. The van der Waals surface area contributed by atoms with E-state index in [0.29, 0.717) is 22.8 Å². The fourth-order valence-electron chi connectivity index (χ4n) is 1.59. The van der Waals surface area contributed by atoms with Crippen molar-refractivity contribution in [2.45, 2.75) is 31.1 Å². The van der Waals surface area contributed by atoms with Gasteiger partial charge in [-0.3, -0.25) is 10.1 Å². The standard InChI is InChI=1S/C13H14FN3O2S/c1-2-3-7-11-16-17-13(19-11)15-12(18)9-5-4-6-10(8-9)20-14/h4-6,8H,2-3,7H2,1H3,(H,15,17,18). The van der Waals surface area contributed by atoms with Gasteiger partial charge in [0, 0.05) is 16.9 Å². The van der Waals surface area contributed by atoms with Crippen LogP contribution in [0.2, 0.25) is 0 Å². The maximum absolute atomic E-state index is 12.5. The molecule has 1 heterocycles. The third-order valence-corrected chi connectivity index (χ3v) is 3.05. The molecule has 0 aliphatic heterocycles. The number of rotatable bonds is 6. The Kier molecular flexibility index (Phi) is 5.11. The van der Waals surface area contributed by atoms with Crippen molar-refractivity contribution in [3.05, 3.63) is 35.7 Å². The van der Waals surface area contributed by atoms with Crippen molar-refractivity contribution in [3.63, 3.8) is 0 Å². The number of amides is 1. The van der Waals surface area contributed by atoms with Gasteiger partial charge in [-0.2, -0.15) is 3.89 Å². The van der Waals surface area contributed by atoms with Gasteiger partial charge in [-0.15, -0.1) is 5.10 Å². The zero-order valence-electron chi connectivity index (χ0n) is 10.9. The number of carbonyl (C=O) groups excluding carboxylic acids is 1. The lowest BCUT2D eigenvalue weighted by Gasteiger charge is -2.01. The highest BCUT2D eigenvalue weighted by Crippen LogP contribution is 2.20. The molecule has 0 aliphatic carbocycles. The lowest BCUT2D eigenvalue weighted by molar-refractivity contribution is 0.102. The molecular formula is C13H14FN3O2S. The topological polar surface area (TPSA) is 68.0 Å². The molecule has 1 aromatic carbocycles. The molecule has 0 saturated carbocycles. The summed E-state index contributed by atoms with van der Waals surface area (Å²) in [6.45, 7) is 2.06. The fraction of sp³-hybridized carbons (Fsp3) is 0.308. The zero-order chi connectivity index (χ0) is 14.4. The second-order valence-corrected chi connectivity index (χ2v) is 4.79. The highest BCUT2D eigenvalue weighted by Gasteiger charge is 2.12. The molecule has 106 valence electrons. The number of aryl methyl sites for hydroxylation is 1. The molecule has 2 aromatic rings. The summed E-state index contributed by atoms with van der Waals surface area (Å²) in [5.74, 6) is 0.0850. The minimum atomic E-state index is -0.411. The van der Waals surface area contributed by atoms with Crippen molar-refractivity contribution in [1.82, 2.24) is 10.2 Å². The van der Waals surface area contributed by atoms with Crippen molar-refractivity contribution >= 4 is 24.1 Å². The number of benzene rings is 1. The van der Waals surface area contributed by atoms with Gasteiger partial charge in [-0.05, 0) is 24.6 Å². The van der Waals surface area contributed by atoms with Gasteiger partial charge in [-0.1, -0.05) is 24.5 Å². The van der Waals surface area contributed by atoms with Crippen molar-refractivity contribution in [3.8, 4) is 0 Å². The molecule has 0 saturated heterocycles. The first-order valence-electron chi connectivity index (χ1n) is 6.25. The van der Waals surface area contributed by atoms with Crippen LogP contribution in [0, 0.1) is 0 Å². The summed E-state index contributed by atoms with van der Waals surface area (Å²) in [7, 11) is 0. The van der Waals surface area contributed by atoms with Crippen LogP contribution in [-0.4, -0.2) is 16.1 Å². The summed E-state index contributed by atoms with van der Waals surface area (Å²) in [4.78, 5) is 12.3. The Balaban J connectivity index is 2.01. The molecular weight excluding hydrogens is 281 g/mol. The summed E-state index contributed by atoms with van der Waals surface area (Å²) in [6.07, 6.45) is 2.66. The molecule has 1 aromatic heterocycles. The van der Waals surface area contributed by atoms with Gasteiger partial charge in [0.1, 0.15) is 0 Å². The molecule has 1 N–H and O–H groups in total. The Morgan fingerprint density at radius 1 is 1.45 bits per heavy atom. The number of nitrogens with one attached hydrogen (secondary N) is 1. The number of carbonyl (C=O) groups is 1. The zero-order valence-corrected chi connectivity index (χ0v) is 11.7. The molecule has 2 rings (SSSR count). The molecule has 0 atom stereocenters. The second kappa shape index (κ2) is 7.04. The Labute approximate surface area is 120 Å². The Bertz CT molecular complexity index is 589. The van der Waals surface area contributed by atoms with E-state index < -0.39 is 5.91 Å². The van der Waals surface area contributed by atoms with Crippen molar-refractivity contribution < 1.29 is 13.1 Å². The maximum Gasteiger partial charge on any atom is 0.322 e. The molecule has 7 heteroatoms. The van der Waals surface area contributed by atoms with E-state index in [9.17, 15) is 8.68 Å². The van der Waals surface area contributed by atoms with Crippen molar-refractivity contribution in [1.29, 1.82) is 0 Å². The fourth-order valence-corrected chi connectivity index (χ4v) is 1.89. The normalized spacial score (nSPS) is 10.5. The minimum absolute atomic E-state index is 0.0550. The van der Waals surface area contributed by atoms with Crippen LogP contribution in [0.1, 0.15) is 36.0 Å². The summed E-state index contributed by atoms with van der Waals surface area (Å²) in [5, 5.41) is 10.1. The SMILES string of the molecule is CCCCc1nnc(NC(=O)c2cccc(SF)c2)o1. The number of unbranched alkanes of at least 4 members (excludes halogenated alkanes) is 1. The van der Waals surface area contributed by atoms with Gasteiger partial charge in [0.25, 0.3) is 5.91 Å². The largest absolute Gasteiger partial charge is 0.408 e. The van der Waals surface area contributed by atoms with E-state index in [1.807, 2.05) is 0 Å². The molecule has 5 nitrogen and oxygen atoms in total. The molecule has 0 unspecified atom stereocenters. The Hall–Kier alpha value is -1.89. The summed E-state index contributed by atoms with van der Waals surface area (Å²) >= 11 is 0.0885. The predicted octanol–water partition coefficient (Wildman–Crippen LogP) is 3.64. The van der Waals surface area contributed by atoms with Gasteiger partial charge >= 0.3 is 6.01 Å². The van der Waals surface area contributed by atoms with E-state index in [2.05, 4.69) is 22.4 Å². The number of hydrogen-bond donors (Lipinski definition) is 1. The Morgan fingerprint density at radius 2 is 2.30 bits per heavy atom. The van der Waals surface area contributed by atoms with Crippen LogP contribution in [0.4, 0.5) is 9.90 Å². The number of halogens is 1. The Morgan fingerprint density at radius 3 is 3.05 bits per heavy atom. The van der Waals surface area contributed by atoms with Crippen molar-refractivity contribution in [2.75, 3.05) is 5.32 Å². The number of anilines is 1. The van der Waals surface area contributed by atoms with Crippen molar-refractivity contribution in [2.24, 2.45) is 0 Å². The second-order valence-electron chi connectivity index (χ2n) is 4.16. The minimum Gasteiger partial charge on any atom is -0.408 e. The quantitative estimate of drug-likeness (QED) is 0.881. The van der Waals surface area contributed by atoms with Crippen LogP contribution in [0.3, 0.4) is 0 Å². The predicted molar refractivity (Wildman–Crippen MR) is 74.3 cm³/mol. The molecule has 20 heavy (non-hydrogen) atoms. The smallest absolute Gasteiger partial charge is 0.322 e. The van der Waals surface area contributed by atoms with Crippen LogP contribution in [-0.2, 0) is 6.42 Å². The van der Waals surface area contributed by atoms with E-state index in [4.69, 9.17) is 4.42 Å². The number of nitrogens with zero attached hydrogens (tertiary/aromatic N) is 2. The average Bonchev–Trinajstić information content (AvgIpc) is 2.92. The summed E-state index contributed by atoms with van der Waals surface area (Å²) in [6, 6.07) is 6.28. The van der Waals surface area contributed by atoms with Gasteiger partial charge in [0.15, 0.2) is 0 Å². The van der Waals surface area contributed by atoms with E-state index in [-0.39, 0.29) is 18.2 Å². The number of aromatic nitrogens is 2. The van der Waals surface area contributed by atoms with Gasteiger partial charge in [0.05, 0.1) is 12.1 Å². The van der Waals surface area contributed by atoms with Gasteiger partial charge in [0.2, 0.25) is 5.89 Å². The summed E-state index contributed by atoms with van der Waals surface area (Å²) in [5.41, 5.74) is 0.334. The van der Waals surface area contributed by atoms with Gasteiger partial charge < -0.3 is 4.42 Å². The van der Waals surface area contributed by atoms with Crippen LogP contribution >= 0.6 is 12.1 Å². The monoisotopic (exact) mass is 295 g/mol. The first-order chi connectivity index (χ1) is 9.72. The van der Waals surface area contributed by atoms with Crippen LogP contribution in [0.15, 0.2) is 33.6 Å². The molecule has 0 spiro atoms. The number of hydrogen-bond acceptors (Lipinski definition) is 5. The van der Waals surface area contributed by atoms with E-state index in [0.717, 1.165) is 12.8 Å². The van der Waals surface area contributed by atoms with Crippen LogP contribution in [0.5, 0.6) is 0 Å². The molecule has 0 aliphatic rings. The third kappa shape index (κ3) is 3.80. The average molecular weight is 295 g/mol. The highest BCUT2D eigenvalue weighted by molar-refractivity contribution is 7.94. The summed E-state index contributed by atoms with van der Waals surface area (Å²) < 4.78 is 17.8. The van der Waals surface area contributed by atoms with Gasteiger partial charge in [-0.25, -0.2) is 0 Å². The first-order valence-corrected chi connectivity index (χ1v) is 6.97. The first kappa shape index (κ1) is 14.5. The van der Waals surface area contributed by atoms with E-state index >= 15 is 0 Å². The third-order valence-electron chi connectivity index (χ3n) is 2.62. The van der Waals surface area contributed by atoms with Crippen LogP contribution in [0.25, 0.3) is 0 Å². The lowest BCUT2D eigenvalue weighted by Crippen LogP contribution is -2.12. The maximum atomic E-state index is 12.5. The highest BCUT2D eigenvalue weighted by atomic mass is 32.2. The van der Waals surface area contributed by atoms with E-state index in [1.54, 1.807) is 18.2 Å². The molecule has 1 amide bonds. The van der Waals surface area contributed by atoms with E-state index in [1.165, 1.54) is 6.07 Å². The molecule has 0 fully saturated rings.